The van der Waals surface area contributed by atoms with Gasteiger partial charge in [-0.3, -0.25) is 4.55 Å². The average Bonchev–Trinajstić information content (AvgIpc) is 2.94. The molecule has 1 heterocycles. The highest BCUT2D eigenvalue weighted by Gasteiger charge is 2.27. The Kier molecular flexibility index (Phi) is 5.53. The van der Waals surface area contributed by atoms with Crippen molar-refractivity contribution in [1.82, 2.24) is 0 Å². The van der Waals surface area contributed by atoms with Crippen LogP contribution in [0.3, 0.4) is 0 Å². The van der Waals surface area contributed by atoms with Gasteiger partial charge in [0.05, 0.1) is 24.7 Å². The molecule has 0 bridgehead atoms. The van der Waals surface area contributed by atoms with Crippen molar-refractivity contribution in [3.8, 4) is 0 Å². The molecule has 150 valence electrons. The van der Waals surface area contributed by atoms with Crippen LogP contribution in [0.2, 0.25) is 0 Å². The molecule has 29 heavy (non-hydrogen) atoms. The first kappa shape index (κ1) is 20.3. The second kappa shape index (κ2) is 7.90. The lowest BCUT2D eigenvalue weighted by atomic mass is 10.1. The van der Waals surface area contributed by atoms with Crippen LogP contribution in [0.25, 0.3) is 10.8 Å². The predicted octanol–water partition coefficient (Wildman–Crippen LogP) is 2.58. The van der Waals surface area contributed by atoms with Crippen LogP contribution in [0, 0.1) is 0 Å². The van der Waals surface area contributed by atoms with Crippen molar-refractivity contribution in [2.75, 3.05) is 19.1 Å². The van der Waals surface area contributed by atoms with Gasteiger partial charge in [-0.2, -0.15) is 8.42 Å². The fourth-order valence-corrected chi connectivity index (χ4v) is 3.40. The van der Waals surface area contributed by atoms with Crippen molar-refractivity contribution in [3.05, 3.63) is 72.1 Å². The highest BCUT2D eigenvalue weighted by molar-refractivity contribution is 7.85. The SMILES string of the molecule is COC(=O)C1=C(C(=O)OC)N(c2ccc3cc(S(=O)(=O)O)ccc3c2)C=CC=C1. The lowest BCUT2D eigenvalue weighted by Gasteiger charge is -2.23. The van der Waals surface area contributed by atoms with E-state index >= 15 is 0 Å². The number of hydrogen-bond acceptors (Lipinski definition) is 7. The van der Waals surface area contributed by atoms with E-state index in [1.165, 1.54) is 43.4 Å². The zero-order chi connectivity index (χ0) is 21.2. The van der Waals surface area contributed by atoms with Crippen LogP contribution in [0.4, 0.5) is 5.69 Å². The van der Waals surface area contributed by atoms with Crippen molar-refractivity contribution >= 4 is 38.5 Å². The zero-order valence-corrected chi connectivity index (χ0v) is 16.3. The number of benzene rings is 2. The number of nitrogens with zero attached hydrogens (tertiary/aromatic N) is 1. The first-order valence-corrected chi connectivity index (χ1v) is 9.76. The predicted molar refractivity (Wildman–Crippen MR) is 106 cm³/mol. The van der Waals surface area contributed by atoms with Gasteiger partial charge in [0.2, 0.25) is 0 Å². The summed E-state index contributed by atoms with van der Waals surface area (Å²) in [4.78, 5) is 25.9. The molecule has 0 fully saturated rings. The molecule has 0 aliphatic carbocycles. The molecular weight excluding hydrogens is 398 g/mol. The summed E-state index contributed by atoms with van der Waals surface area (Å²) in [6.45, 7) is 0. The van der Waals surface area contributed by atoms with Gasteiger partial charge in [-0.15, -0.1) is 0 Å². The Bertz CT molecular complexity index is 1190. The van der Waals surface area contributed by atoms with Crippen molar-refractivity contribution in [3.63, 3.8) is 0 Å². The van der Waals surface area contributed by atoms with Crippen molar-refractivity contribution in [2.45, 2.75) is 4.90 Å². The van der Waals surface area contributed by atoms with E-state index in [0.717, 1.165) is 0 Å². The van der Waals surface area contributed by atoms with Gasteiger partial charge in [0.15, 0.2) is 0 Å². The number of methoxy groups -OCH3 is 2. The second-order valence-electron chi connectivity index (χ2n) is 5.98. The molecule has 9 heteroatoms. The third kappa shape index (κ3) is 4.05. The van der Waals surface area contributed by atoms with E-state index in [2.05, 4.69) is 0 Å². The van der Waals surface area contributed by atoms with E-state index in [1.54, 1.807) is 36.6 Å². The summed E-state index contributed by atoms with van der Waals surface area (Å²) in [6.07, 6.45) is 6.28. The third-order valence-corrected chi connectivity index (χ3v) is 5.11. The average molecular weight is 415 g/mol. The number of carbonyl (C=O) groups excluding carboxylic acids is 2. The summed E-state index contributed by atoms with van der Waals surface area (Å²) < 4.78 is 41.5. The lowest BCUT2D eigenvalue weighted by molar-refractivity contribution is -0.139. The van der Waals surface area contributed by atoms with Gasteiger partial charge in [0, 0.05) is 11.9 Å². The number of hydrogen-bond donors (Lipinski definition) is 1. The number of anilines is 1. The third-order valence-electron chi connectivity index (χ3n) is 4.26. The smallest absolute Gasteiger partial charge is 0.355 e. The van der Waals surface area contributed by atoms with Crippen molar-refractivity contribution in [1.29, 1.82) is 0 Å². The molecular formula is C20H17NO7S. The van der Waals surface area contributed by atoms with Crippen LogP contribution < -0.4 is 4.90 Å². The molecule has 0 atom stereocenters. The van der Waals surface area contributed by atoms with Gasteiger partial charge in [0.25, 0.3) is 10.1 Å². The molecule has 0 spiro atoms. The molecule has 3 rings (SSSR count). The quantitative estimate of drug-likeness (QED) is 0.599. The molecule has 0 unspecified atom stereocenters. The number of carbonyl (C=O) groups is 2. The standard InChI is InChI=1S/C20H17NO7S/c1-27-19(22)17-5-3-4-10-21(18(17)20(23)28-2)15-8-6-14-12-16(29(24,25)26)9-7-13(14)11-15/h3-12H,1-2H3,(H,24,25,26). The van der Waals surface area contributed by atoms with Crippen LogP contribution in [0.15, 0.2) is 77.0 Å². The van der Waals surface area contributed by atoms with Crippen LogP contribution in [0.1, 0.15) is 0 Å². The molecule has 0 amide bonds. The Morgan fingerprint density at radius 1 is 0.931 bits per heavy atom. The Morgan fingerprint density at radius 2 is 1.59 bits per heavy atom. The summed E-state index contributed by atoms with van der Waals surface area (Å²) in [5, 5.41) is 1.22. The molecule has 1 N–H and O–H groups in total. The van der Waals surface area contributed by atoms with E-state index in [-0.39, 0.29) is 16.2 Å². The van der Waals surface area contributed by atoms with Gasteiger partial charge in [-0.25, -0.2) is 9.59 Å². The van der Waals surface area contributed by atoms with E-state index in [0.29, 0.717) is 16.5 Å². The largest absolute Gasteiger partial charge is 0.465 e. The Balaban J connectivity index is 2.17. The van der Waals surface area contributed by atoms with E-state index in [9.17, 15) is 22.6 Å². The summed E-state index contributed by atoms with van der Waals surface area (Å²) >= 11 is 0. The van der Waals surface area contributed by atoms with Gasteiger partial charge in [-0.05, 0) is 47.2 Å². The van der Waals surface area contributed by atoms with Crippen LogP contribution >= 0.6 is 0 Å². The molecule has 8 nitrogen and oxygen atoms in total. The Morgan fingerprint density at radius 3 is 2.24 bits per heavy atom. The van der Waals surface area contributed by atoms with E-state index < -0.39 is 22.1 Å². The highest BCUT2D eigenvalue weighted by Crippen LogP contribution is 2.30. The van der Waals surface area contributed by atoms with Gasteiger partial charge in [-0.1, -0.05) is 18.2 Å². The van der Waals surface area contributed by atoms with Crippen molar-refractivity contribution in [2.24, 2.45) is 0 Å². The second-order valence-corrected chi connectivity index (χ2v) is 7.41. The molecule has 0 aromatic heterocycles. The monoisotopic (exact) mass is 415 g/mol. The minimum absolute atomic E-state index is 0.0196. The molecule has 1 aliphatic heterocycles. The summed E-state index contributed by atoms with van der Waals surface area (Å²) in [5.41, 5.74) is 0.517. The van der Waals surface area contributed by atoms with E-state index in [1.807, 2.05) is 0 Å². The minimum Gasteiger partial charge on any atom is -0.465 e. The fraction of sp³-hybridized carbons (Fsp3) is 0.100. The normalized spacial score (nSPS) is 14.1. The maximum Gasteiger partial charge on any atom is 0.355 e. The molecule has 1 aliphatic rings. The van der Waals surface area contributed by atoms with Crippen LogP contribution in [-0.4, -0.2) is 39.1 Å². The number of rotatable bonds is 4. The molecule has 0 radical (unpaired) electrons. The maximum atomic E-state index is 12.5. The lowest BCUT2D eigenvalue weighted by Crippen LogP contribution is -2.26. The van der Waals surface area contributed by atoms with Gasteiger partial charge >= 0.3 is 11.9 Å². The van der Waals surface area contributed by atoms with Gasteiger partial charge < -0.3 is 14.4 Å². The first-order valence-electron chi connectivity index (χ1n) is 8.32. The van der Waals surface area contributed by atoms with E-state index in [4.69, 9.17) is 9.47 Å². The number of ether oxygens (including phenoxy) is 2. The summed E-state index contributed by atoms with van der Waals surface area (Å²) in [6, 6.07) is 9.13. The molecule has 2 aromatic carbocycles. The molecule has 0 saturated heterocycles. The molecule has 0 saturated carbocycles. The Labute approximate surface area is 167 Å². The first-order chi connectivity index (χ1) is 13.8. The summed E-state index contributed by atoms with van der Waals surface area (Å²) in [7, 11) is -1.90. The number of allylic oxidation sites excluding steroid dienone is 2. The topological polar surface area (TPSA) is 110 Å². The summed E-state index contributed by atoms with van der Waals surface area (Å²) in [5.74, 6) is -1.43. The van der Waals surface area contributed by atoms with Crippen molar-refractivity contribution < 1.29 is 32.0 Å². The Hall–Kier alpha value is -3.43. The minimum atomic E-state index is -4.32. The molecule has 2 aromatic rings. The number of esters is 2. The van der Waals surface area contributed by atoms with Crippen LogP contribution in [0.5, 0.6) is 0 Å². The van der Waals surface area contributed by atoms with Crippen LogP contribution in [-0.2, 0) is 29.2 Å². The zero-order valence-electron chi connectivity index (χ0n) is 15.5. The number of fused-ring (bicyclic) bond motifs is 1. The highest BCUT2D eigenvalue weighted by atomic mass is 32.2. The maximum absolute atomic E-state index is 12.5. The van der Waals surface area contributed by atoms with Gasteiger partial charge in [0.1, 0.15) is 5.70 Å². The fourth-order valence-electron chi connectivity index (χ4n) is 2.89.